The number of unbranched alkanes of at least 4 members (excludes halogenated alkanes) is 19. The molecule has 0 saturated carbocycles. The summed E-state index contributed by atoms with van der Waals surface area (Å²) >= 11 is 0. The van der Waals surface area contributed by atoms with Crippen molar-refractivity contribution in [3.63, 3.8) is 0 Å². The van der Waals surface area contributed by atoms with Crippen LogP contribution < -0.4 is 0 Å². The zero-order valence-electron chi connectivity index (χ0n) is 19.3. The highest BCUT2D eigenvalue weighted by molar-refractivity contribution is 4.57. The molecule has 0 rings (SSSR count). The zero-order valence-corrected chi connectivity index (χ0v) is 19.3. The first-order valence-electron chi connectivity index (χ1n) is 13.0. The predicted octanol–water partition coefficient (Wildman–Crippen LogP) is 9.36. The Kier molecular flexibility index (Phi) is 24.0. The zero-order chi connectivity index (χ0) is 19.8. The van der Waals surface area contributed by atoms with E-state index < -0.39 is 0 Å². The van der Waals surface area contributed by atoms with E-state index in [0.29, 0.717) is 0 Å². The van der Waals surface area contributed by atoms with Crippen LogP contribution in [-0.2, 0) is 0 Å². The Bertz CT molecular complexity index is 251. The van der Waals surface area contributed by atoms with Crippen LogP contribution in [0.15, 0.2) is 0 Å². The van der Waals surface area contributed by atoms with Crippen molar-refractivity contribution in [1.82, 2.24) is 0 Å². The molecule has 0 heterocycles. The molecule has 1 heteroatoms. The van der Waals surface area contributed by atoms with Crippen molar-refractivity contribution in [1.29, 1.82) is 0 Å². The van der Waals surface area contributed by atoms with Crippen LogP contribution in [0.25, 0.3) is 0 Å². The molecule has 1 unspecified atom stereocenters. The summed E-state index contributed by atoms with van der Waals surface area (Å²) in [6, 6.07) is 0. The average Bonchev–Trinajstić information content (AvgIpc) is 2.67. The average molecular weight is 383 g/mol. The SMILES string of the molecule is CCCCCCCCCCCCCCCCCCCCC(O)CCCCC. The first kappa shape index (κ1) is 27.0. The van der Waals surface area contributed by atoms with E-state index in [-0.39, 0.29) is 6.10 Å². The van der Waals surface area contributed by atoms with E-state index >= 15 is 0 Å². The van der Waals surface area contributed by atoms with Gasteiger partial charge < -0.3 is 5.11 Å². The summed E-state index contributed by atoms with van der Waals surface area (Å²) in [5.41, 5.74) is 0. The molecule has 0 saturated heterocycles. The van der Waals surface area contributed by atoms with Gasteiger partial charge in [0.25, 0.3) is 0 Å². The van der Waals surface area contributed by atoms with Crippen LogP contribution >= 0.6 is 0 Å². The second-order valence-electron chi connectivity index (χ2n) is 8.95. The normalized spacial score (nSPS) is 12.6. The molecule has 0 aliphatic carbocycles. The highest BCUT2D eigenvalue weighted by atomic mass is 16.3. The molecule has 27 heavy (non-hydrogen) atoms. The Hall–Kier alpha value is -0.0400. The van der Waals surface area contributed by atoms with E-state index in [1.165, 1.54) is 135 Å². The predicted molar refractivity (Wildman–Crippen MR) is 124 cm³/mol. The molecule has 0 bridgehead atoms. The van der Waals surface area contributed by atoms with Crippen molar-refractivity contribution >= 4 is 0 Å². The molecule has 0 aromatic heterocycles. The smallest absolute Gasteiger partial charge is 0.0540 e. The molecule has 0 aliphatic heterocycles. The van der Waals surface area contributed by atoms with Crippen molar-refractivity contribution < 1.29 is 5.11 Å². The molecule has 0 aromatic carbocycles. The number of aliphatic hydroxyl groups excluding tert-OH is 1. The molecular weight excluding hydrogens is 328 g/mol. The Morgan fingerprint density at radius 3 is 0.926 bits per heavy atom. The molecule has 0 amide bonds. The van der Waals surface area contributed by atoms with Gasteiger partial charge in [-0.05, 0) is 12.8 Å². The Morgan fingerprint density at radius 2 is 0.593 bits per heavy atom. The monoisotopic (exact) mass is 382 g/mol. The lowest BCUT2D eigenvalue weighted by molar-refractivity contribution is 0.147. The number of aliphatic hydroxyl groups is 1. The molecule has 1 nitrogen and oxygen atoms in total. The first-order valence-corrected chi connectivity index (χ1v) is 13.0. The lowest BCUT2D eigenvalue weighted by atomic mass is 10.0. The third kappa shape index (κ3) is 23.9. The van der Waals surface area contributed by atoms with Crippen molar-refractivity contribution in [3.8, 4) is 0 Å². The van der Waals surface area contributed by atoms with Gasteiger partial charge >= 0.3 is 0 Å². The van der Waals surface area contributed by atoms with Crippen molar-refractivity contribution in [2.45, 2.75) is 168 Å². The molecule has 0 fully saturated rings. The van der Waals surface area contributed by atoms with Crippen molar-refractivity contribution in [2.75, 3.05) is 0 Å². The molecule has 0 aliphatic rings. The summed E-state index contributed by atoms with van der Waals surface area (Å²) in [5, 5.41) is 9.91. The van der Waals surface area contributed by atoms with Crippen LogP contribution in [0.2, 0.25) is 0 Å². The van der Waals surface area contributed by atoms with Gasteiger partial charge in [-0.3, -0.25) is 0 Å². The quantitative estimate of drug-likeness (QED) is 0.174. The number of rotatable bonds is 23. The summed E-state index contributed by atoms with van der Waals surface area (Å²) in [6.07, 6.45) is 31.4. The lowest BCUT2D eigenvalue weighted by Gasteiger charge is -2.09. The maximum absolute atomic E-state index is 9.91. The van der Waals surface area contributed by atoms with Gasteiger partial charge in [-0.1, -0.05) is 149 Å². The van der Waals surface area contributed by atoms with Crippen molar-refractivity contribution in [2.24, 2.45) is 0 Å². The van der Waals surface area contributed by atoms with Gasteiger partial charge in [0.05, 0.1) is 6.10 Å². The highest BCUT2D eigenvalue weighted by Gasteiger charge is 2.03. The fourth-order valence-corrected chi connectivity index (χ4v) is 4.06. The molecule has 1 N–H and O–H groups in total. The van der Waals surface area contributed by atoms with Gasteiger partial charge in [0, 0.05) is 0 Å². The maximum Gasteiger partial charge on any atom is 0.0540 e. The first-order chi connectivity index (χ1) is 13.3. The third-order valence-electron chi connectivity index (χ3n) is 6.03. The maximum atomic E-state index is 9.91. The van der Waals surface area contributed by atoms with Crippen LogP contribution in [0.1, 0.15) is 162 Å². The third-order valence-corrected chi connectivity index (χ3v) is 6.03. The van der Waals surface area contributed by atoms with Crippen LogP contribution in [-0.4, -0.2) is 11.2 Å². The number of hydrogen-bond donors (Lipinski definition) is 1. The minimum absolute atomic E-state index is 0.0300. The van der Waals surface area contributed by atoms with E-state index in [9.17, 15) is 5.11 Å². The van der Waals surface area contributed by atoms with Gasteiger partial charge in [0.15, 0.2) is 0 Å². The van der Waals surface area contributed by atoms with Crippen LogP contribution in [0.3, 0.4) is 0 Å². The van der Waals surface area contributed by atoms with Crippen LogP contribution in [0.5, 0.6) is 0 Å². The van der Waals surface area contributed by atoms with Gasteiger partial charge in [-0.2, -0.15) is 0 Å². The summed E-state index contributed by atoms with van der Waals surface area (Å²) in [5.74, 6) is 0. The van der Waals surface area contributed by atoms with E-state index in [1.807, 2.05) is 0 Å². The Labute approximate surface area is 173 Å². The summed E-state index contributed by atoms with van der Waals surface area (Å²) < 4.78 is 0. The molecular formula is C26H54O. The van der Waals surface area contributed by atoms with Gasteiger partial charge in [0.2, 0.25) is 0 Å². The molecule has 0 spiro atoms. The largest absolute Gasteiger partial charge is 0.393 e. The van der Waals surface area contributed by atoms with Gasteiger partial charge in [0.1, 0.15) is 0 Å². The Morgan fingerprint density at radius 1 is 0.370 bits per heavy atom. The summed E-state index contributed by atoms with van der Waals surface area (Å²) in [4.78, 5) is 0. The molecule has 1 atom stereocenters. The summed E-state index contributed by atoms with van der Waals surface area (Å²) in [6.45, 7) is 4.52. The Balaban J connectivity index is 3.05. The topological polar surface area (TPSA) is 20.2 Å². The fraction of sp³-hybridized carbons (Fsp3) is 1.00. The molecule has 0 aromatic rings. The van der Waals surface area contributed by atoms with Crippen molar-refractivity contribution in [3.05, 3.63) is 0 Å². The molecule has 164 valence electrons. The summed E-state index contributed by atoms with van der Waals surface area (Å²) in [7, 11) is 0. The van der Waals surface area contributed by atoms with E-state index in [4.69, 9.17) is 0 Å². The van der Waals surface area contributed by atoms with Gasteiger partial charge in [-0.15, -0.1) is 0 Å². The minimum atomic E-state index is -0.0300. The van der Waals surface area contributed by atoms with E-state index in [1.54, 1.807) is 0 Å². The standard InChI is InChI=1S/C26H54O/c1-3-5-7-8-9-10-11-12-13-14-15-16-17-18-19-20-21-23-25-26(27)24-22-6-4-2/h26-27H,3-25H2,1-2H3. The second kappa shape index (κ2) is 24.0. The van der Waals surface area contributed by atoms with Gasteiger partial charge in [-0.25, -0.2) is 0 Å². The van der Waals surface area contributed by atoms with Crippen LogP contribution in [0.4, 0.5) is 0 Å². The number of hydrogen-bond acceptors (Lipinski definition) is 1. The van der Waals surface area contributed by atoms with E-state index in [2.05, 4.69) is 13.8 Å². The van der Waals surface area contributed by atoms with Crippen LogP contribution in [0, 0.1) is 0 Å². The second-order valence-corrected chi connectivity index (χ2v) is 8.95. The minimum Gasteiger partial charge on any atom is -0.393 e. The molecule has 0 radical (unpaired) electrons. The fourth-order valence-electron chi connectivity index (χ4n) is 4.06. The highest BCUT2D eigenvalue weighted by Crippen LogP contribution is 2.15. The van der Waals surface area contributed by atoms with E-state index in [0.717, 1.165) is 12.8 Å². The lowest BCUT2D eigenvalue weighted by Crippen LogP contribution is -2.05.